The van der Waals surface area contributed by atoms with Crippen molar-refractivity contribution in [2.75, 3.05) is 7.11 Å². The summed E-state index contributed by atoms with van der Waals surface area (Å²) in [5, 5.41) is 2.42. The van der Waals surface area contributed by atoms with E-state index in [1.165, 1.54) is 0 Å². The van der Waals surface area contributed by atoms with Crippen molar-refractivity contribution in [3.05, 3.63) is 75.0 Å². The summed E-state index contributed by atoms with van der Waals surface area (Å²) in [7, 11) is 1.59. The SMILES string of the molecule is CCn1c2ccc(OC)cc2c(=O)c2cc3[nH]c4ccccc4c(=O)c3cc21. The predicted molar refractivity (Wildman–Crippen MR) is 114 cm³/mol. The molecule has 0 atom stereocenters. The zero-order chi connectivity index (χ0) is 19.4. The van der Waals surface area contributed by atoms with Gasteiger partial charge in [0.2, 0.25) is 0 Å². The lowest BCUT2D eigenvalue weighted by molar-refractivity contribution is 0.415. The maximum absolute atomic E-state index is 13.3. The van der Waals surface area contributed by atoms with Crippen LogP contribution >= 0.6 is 0 Å². The molecule has 5 nitrogen and oxygen atoms in total. The number of hydrogen-bond acceptors (Lipinski definition) is 3. The van der Waals surface area contributed by atoms with Crippen molar-refractivity contribution in [3.8, 4) is 5.75 Å². The quantitative estimate of drug-likeness (QED) is 0.474. The average Bonchev–Trinajstić information content (AvgIpc) is 2.73. The number of aromatic amines is 1. The summed E-state index contributed by atoms with van der Waals surface area (Å²) in [6.45, 7) is 2.71. The number of nitrogens with one attached hydrogen (secondary N) is 1. The molecule has 0 radical (unpaired) electrons. The zero-order valence-corrected chi connectivity index (χ0v) is 15.6. The van der Waals surface area contributed by atoms with Gasteiger partial charge < -0.3 is 14.3 Å². The summed E-state index contributed by atoms with van der Waals surface area (Å²) >= 11 is 0. The van der Waals surface area contributed by atoms with E-state index in [1.54, 1.807) is 19.2 Å². The molecule has 2 aromatic heterocycles. The van der Waals surface area contributed by atoms with Gasteiger partial charge in [-0.3, -0.25) is 9.59 Å². The average molecular weight is 370 g/mol. The van der Waals surface area contributed by atoms with Crippen LogP contribution in [0.4, 0.5) is 0 Å². The molecule has 1 N–H and O–H groups in total. The molecule has 0 unspecified atom stereocenters. The Morgan fingerprint density at radius 3 is 2.36 bits per heavy atom. The number of benzene rings is 3. The first-order valence-corrected chi connectivity index (χ1v) is 9.21. The van der Waals surface area contributed by atoms with Crippen LogP contribution in [0.15, 0.2) is 64.2 Å². The van der Waals surface area contributed by atoms with Gasteiger partial charge in [0, 0.05) is 33.6 Å². The van der Waals surface area contributed by atoms with E-state index in [-0.39, 0.29) is 10.9 Å². The van der Waals surface area contributed by atoms with E-state index in [0.717, 1.165) is 16.6 Å². The molecule has 0 fully saturated rings. The Morgan fingerprint density at radius 1 is 0.821 bits per heavy atom. The van der Waals surface area contributed by atoms with Crippen LogP contribution in [0.25, 0.3) is 43.6 Å². The molecule has 3 aromatic carbocycles. The molecule has 5 heteroatoms. The molecule has 5 aromatic rings. The minimum Gasteiger partial charge on any atom is -0.497 e. The van der Waals surface area contributed by atoms with Crippen LogP contribution in [-0.4, -0.2) is 16.7 Å². The third kappa shape index (κ3) is 2.19. The van der Waals surface area contributed by atoms with Crippen LogP contribution in [0, 0.1) is 0 Å². The van der Waals surface area contributed by atoms with Crippen molar-refractivity contribution in [3.63, 3.8) is 0 Å². The Balaban J connectivity index is 2.03. The highest BCUT2D eigenvalue weighted by Crippen LogP contribution is 2.26. The molecule has 0 amide bonds. The smallest absolute Gasteiger partial charge is 0.197 e. The lowest BCUT2D eigenvalue weighted by Gasteiger charge is -2.15. The first kappa shape index (κ1) is 16.6. The monoisotopic (exact) mass is 370 g/mol. The van der Waals surface area contributed by atoms with Gasteiger partial charge in [-0.15, -0.1) is 0 Å². The molecule has 0 spiro atoms. The van der Waals surface area contributed by atoms with Crippen molar-refractivity contribution >= 4 is 43.6 Å². The number of rotatable bonds is 2. The van der Waals surface area contributed by atoms with Gasteiger partial charge in [-0.25, -0.2) is 0 Å². The maximum Gasteiger partial charge on any atom is 0.197 e. The minimum absolute atomic E-state index is 0.0313. The minimum atomic E-state index is -0.0653. The molecule has 28 heavy (non-hydrogen) atoms. The van der Waals surface area contributed by atoms with Crippen LogP contribution in [0.2, 0.25) is 0 Å². The van der Waals surface area contributed by atoms with Crippen molar-refractivity contribution < 1.29 is 4.74 Å². The molecule has 0 aliphatic rings. The fourth-order valence-electron chi connectivity index (χ4n) is 4.04. The normalized spacial score (nSPS) is 11.6. The van der Waals surface area contributed by atoms with E-state index < -0.39 is 0 Å². The third-order valence-electron chi connectivity index (χ3n) is 5.41. The topological polar surface area (TPSA) is 64.1 Å². The van der Waals surface area contributed by atoms with Gasteiger partial charge in [0.1, 0.15) is 5.75 Å². The lowest BCUT2D eigenvalue weighted by atomic mass is 10.0. The number of aromatic nitrogens is 2. The van der Waals surface area contributed by atoms with Gasteiger partial charge in [0.25, 0.3) is 0 Å². The summed E-state index contributed by atoms with van der Waals surface area (Å²) in [5.41, 5.74) is 2.92. The van der Waals surface area contributed by atoms with Gasteiger partial charge in [-0.2, -0.15) is 0 Å². The molecule has 0 bridgehead atoms. The van der Waals surface area contributed by atoms with E-state index in [2.05, 4.69) is 9.55 Å². The van der Waals surface area contributed by atoms with E-state index in [4.69, 9.17) is 4.74 Å². The fourth-order valence-corrected chi connectivity index (χ4v) is 4.04. The molecule has 0 saturated heterocycles. The summed E-state index contributed by atoms with van der Waals surface area (Å²) in [6, 6.07) is 16.6. The van der Waals surface area contributed by atoms with Gasteiger partial charge in [0.05, 0.1) is 23.7 Å². The van der Waals surface area contributed by atoms with Gasteiger partial charge in [-0.05, 0) is 49.4 Å². The number of H-pyrrole nitrogens is 1. The zero-order valence-electron chi connectivity index (χ0n) is 15.6. The first-order valence-electron chi connectivity index (χ1n) is 9.21. The van der Waals surface area contributed by atoms with Gasteiger partial charge in [-0.1, -0.05) is 12.1 Å². The molecule has 0 aliphatic heterocycles. The standard InChI is InChI=1S/C23H18N2O3/c1-3-25-20-9-8-13(28-2)10-16(20)23(27)17-11-19-15(12-21(17)25)22(26)14-6-4-5-7-18(14)24-19/h4-12H,3H2,1-2H3,(H,24,26). The molecule has 2 heterocycles. The number of ether oxygens (including phenoxy) is 1. The molecular formula is C23H18N2O3. The number of aryl methyl sites for hydroxylation is 1. The second-order valence-electron chi connectivity index (χ2n) is 6.87. The molecule has 0 aliphatic carbocycles. The Hall–Kier alpha value is -3.60. The Morgan fingerprint density at radius 2 is 1.57 bits per heavy atom. The molecule has 0 saturated carbocycles. The van der Waals surface area contributed by atoms with E-state index in [0.29, 0.717) is 39.4 Å². The van der Waals surface area contributed by atoms with Crippen molar-refractivity contribution in [1.82, 2.24) is 9.55 Å². The fraction of sp³-hybridized carbons (Fsp3) is 0.130. The number of pyridine rings is 2. The largest absolute Gasteiger partial charge is 0.497 e. The highest BCUT2D eigenvalue weighted by atomic mass is 16.5. The first-order chi connectivity index (χ1) is 13.6. The van der Waals surface area contributed by atoms with E-state index in [9.17, 15) is 9.59 Å². The third-order valence-corrected chi connectivity index (χ3v) is 5.41. The van der Waals surface area contributed by atoms with E-state index in [1.807, 2.05) is 49.4 Å². The summed E-state index contributed by atoms with van der Waals surface area (Å²) in [4.78, 5) is 29.6. The summed E-state index contributed by atoms with van der Waals surface area (Å²) < 4.78 is 7.37. The van der Waals surface area contributed by atoms with Crippen LogP contribution < -0.4 is 15.6 Å². The second-order valence-corrected chi connectivity index (χ2v) is 6.87. The predicted octanol–water partition coefficient (Wildman–Crippen LogP) is 4.18. The summed E-state index contributed by atoms with van der Waals surface area (Å²) in [6.07, 6.45) is 0. The van der Waals surface area contributed by atoms with E-state index >= 15 is 0 Å². The lowest BCUT2D eigenvalue weighted by Crippen LogP contribution is -2.12. The number of para-hydroxylation sites is 1. The van der Waals surface area contributed by atoms with Crippen molar-refractivity contribution in [2.24, 2.45) is 0 Å². The van der Waals surface area contributed by atoms with Crippen LogP contribution in [-0.2, 0) is 6.54 Å². The van der Waals surface area contributed by atoms with Crippen LogP contribution in [0.3, 0.4) is 0 Å². The molecule has 138 valence electrons. The Labute approximate surface area is 159 Å². The van der Waals surface area contributed by atoms with Gasteiger partial charge >= 0.3 is 0 Å². The maximum atomic E-state index is 13.3. The second kappa shape index (κ2) is 5.96. The van der Waals surface area contributed by atoms with Crippen molar-refractivity contribution in [1.29, 1.82) is 0 Å². The number of methoxy groups -OCH3 is 1. The highest BCUT2D eigenvalue weighted by Gasteiger charge is 2.14. The van der Waals surface area contributed by atoms with Crippen molar-refractivity contribution in [2.45, 2.75) is 13.5 Å². The highest BCUT2D eigenvalue weighted by molar-refractivity contribution is 6.03. The Kier molecular flexibility index (Phi) is 3.52. The van der Waals surface area contributed by atoms with Crippen LogP contribution in [0.1, 0.15) is 6.92 Å². The Bertz CT molecular complexity index is 1530. The number of hydrogen-bond donors (Lipinski definition) is 1. The number of fused-ring (bicyclic) bond motifs is 4. The number of nitrogens with zero attached hydrogens (tertiary/aromatic N) is 1. The van der Waals surface area contributed by atoms with Gasteiger partial charge in [0.15, 0.2) is 10.9 Å². The van der Waals surface area contributed by atoms with Crippen LogP contribution in [0.5, 0.6) is 5.75 Å². The molecule has 5 rings (SSSR count). The molecular weight excluding hydrogens is 352 g/mol. The summed E-state index contributed by atoms with van der Waals surface area (Å²) in [5.74, 6) is 0.645.